The van der Waals surface area contributed by atoms with Crippen molar-refractivity contribution in [1.82, 2.24) is 14.6 Å². The van der Waals surface area contributed by atoms with Crippen molar-refractivity contribution >= 4 is 11.6 Å². The lowest BCUT2D eigenvalue weighted by Gasteiger charge is -2.05. The van der Waals surface area contributed by atoms with Gasteiger partial charge in [0.25, 0.3) is 0 Å². The van der Waals surface area contributed by atoms with Gasteiger partial charge in [-0.15, -0.1) is 10.2 Å². The summed E-state index contributed by atoms with van der Waals surface area (Å²) >= 11 is 0. The first kappa shape index (κ1) is 13.0. The number of aromatic carboxylic acids is 1. The Kier molecular flexibility index (Phi) is 3.23. The molecule has 0 aliphatic carbocycles. The number of carboxylic acids is 1. The van der Waals surface area contributed by atoms with Crippen molar-refractivity contribution in [2.45, 2.75) is 6.61 Å². The predicted molar refractivity (Wildman–Crippen MR) is 70.7 cm³/mol. The minimum absolute atomic E-state index is 0.0943. The van der Waals surface area contributed by atoms with Gasteiger partial charge in [0.15, 0.2) is 11.5 Å². The van der Waals surface area contributed by atoms with Crippen LogP contribution in [-0.2, 0) is 6.61 Å². The van der Waals surface area contributed by atoms with Crippen LogP contribution in [0.3, 0.4) is 0 Å². The monoisotopic (exact) mass is 287 g/mol. The molecule has 0 spiro atoms. The number of rotatable bonds is 4. The predicted octanol–water partition coefficient (Wildman–Crippen LogP) is 2.15. The van der Waals surface area contributed by atoms with Crippen molar-refractivity contribution < 1.29 is 19.0 Å². The van der Waals surface area contributed by atoms with E-state index in [1.54, 1.807) is 22.7 Å². The van der Waals surface area contributed by atoms with Gasteiger partial charge in [-0.2, -0.15) is 0 Å². The Morgan fingerprint density at radius 3 is 2.90 bits per heavy atom. The number of ether oxygens (including phenoxy) is 1. The smallest absolute Gasteiger partial charge is 0.335 e. The number of fused-ring (bicyclic) bond motifs is 1. The van der Waals surface area contributed by atoms with Gasteiger partial charge in [-0.05, 0) is 24.3 Å². The van der Waals surface area contributed by atoms with E-state index >= 15 is 0 Å². The van der Waals surface area contributed by atoms with Crippen molar-refractivity contribution in [3.05, 3.63) is 59.8 Å². The van der Waals surface area contributed by atoms with E-state index in [2.05, 4.69) is 10.2 Å². The maximum absolute atomic E-state index is 13.0. The van der Waals surface area contributed by atoms with E-state index in [0.717, 1.165) is 0 Å². The minimum Gasteiger partial charge on any atom is -0.485 e. The van der Waals surface area contributed by atoms with E-state index in [1.807, 2.05) is 0 Å². The lowest BCUT2D eigenvalue weighted by molar-refractivity contribution is 0.0697. The summed E-state index contributed by atoms with van der Waals surface area (Å²) in [6.45, 7) is 0.0943. The molecule has 0 amide bonds. The van der Waals surface area contributed by atoms with Crippen molar-refractivity contribution in [2.24, 2.45) is 0 Å². The summed E-state index contributed by atoms with van der Waals surface area (Å²) in [6.07, 6.45) is 1.56. The Hall–Kier alpha value is -2.96. The molecule has 7 heteroatoms. The molecule has 0 aliphatic rings. The summed E-state index contributed by atoms with van der Waals surface area (Å²) in [7, 11) is 0. The number of aromatic nitrogens is 3. The fourth-order valence-electron chi connectivity index (χ4n) is 1.88. The molecule has 1 aromatic carbocycles. The molecule has 2 aromatic heterocycles. The third-order valence-corrected chi connectivity index (χ3v) is 2.89. The molecule has 3 rings (SSSR count). The van der Waals surface area contributed by atoms with Crippen LogP contribution in [0, 0.1) is 5.82 Å². The van der Waals surface area contributed by atoms with Crippen LogP contribution >= 0.6 is 0 Å². The van der Waals surface area contributed by atoms with Crippen LogP contribution in [0.4, 0.5) is 4.39 Å². The van der Waals surface area contributed by atoms with Gasteiger partial charge in [-0.3, -0.25) is 4.40 Å². The highest BCUT2D eigenvalue weighted by Gasteiger charge is 2.09. The maximum atomic E-state index is 13.0. The molecule has 0 aliphatic heterocycles. The summed E-state index contributed by atoms with van der Waals surface area (Å²) < 4.78 is 20.1. The summed E-state index contributed by atoms with van der Waals surface area (Å²) in [5, 5.41) is 16.7. The van der Waals surface area contributed by atoms with Crippen LogP contribution in [0.2, 0.25) is 0 Å². The molecule has 0 unspecified atom stereocenters. The maximum Gasteiger partial charge on any atom is 0.335 e. The number of halogens is 1. The molecule has 21 heavy (non-hydrogen) atoms. The average molecular weight is 287 g/mol. The third kappa shape index (κ3) is 2.66. The second kappa shape index (κ2) is 5.20. The first-order valence-electron chi connectivity index (χ1n) is 6.09. The number of carboxylic acid groups (broad SMARTS) is 1. The summed E-state index contributed by atoms with van der Waals surface area (Å²) in [5.74, 6) is -0.539. The zero-order chi connectivity index (χ0) is 14.8. The molecule has 0 atom stereocenters. The van der Waals surface area contributed by atoms with E-state index in [4.69, 9.17) is 9.84 Å². The highest BCUT2D eigenvalue weighted by Crippen LogP contribution is 2.14. The Morgan fingerprint density at radius 2 is 2.14 bits per heavy atom. The lowest BCUT2D eigenvalue weighted by Crippen LogP contribution is -2.03. The Balaban J connectivity index is 1.83. The normalized spacial score (nSPS) is 10.7. The largest absolute Gasteiger partial charge is 0.485 e. The Labute approximate surface area is 118 Å². The number of hydrogen-bond donors (Lipinski definition) is 1. The average Bonchev–Trinajstić information content (AvgIpc) is 2.87. The molecule has 0 fully saturated rings. The van der Waals surface area contributed by atoms with Crippen molar-refractivity contribution in [3.63, 3.8) is 0 Å². The van der Waals surface area contributed by atoms with Crippen LogP contribution in [0.25, 0.3) is 5.65 Å². The number of benzene rings is 1. The van der Waals surface area contributed by atoms with Crippen LogP contribution in [0.15, 0.2) is 42.6 Å². The highest BCUT2D eigenvalue weighted by molar-refractivity contribution is 5.88. The number of hydrogen-bond acceptors (Lipinski definition) is 4. The molecule has 0 saturated heterocycles. The first-order valence-corrected chi connectivity index (χ1v) is 6.09. The molecular formula is C14H10FN3O3. The van der Waals surface area contributed by atoms with Gasteiger partial charge in [0.1, 0.15) is 18.2 Å². The lowest BCUT2D eigenvalue weighted by atomic mass is 10.3. The van der Waals surface area contributed by atoms with Crippen molar-refractivity contribution in [3.8, 4) is 5.75 Å². The van der Waals surface area contributed by atoms with Crippen LogP contribution < -0.4 is 4.74 Å². The molecule has 0 radical (unpaired) electrons. The third-order valence-electron chi connectivity index (χ3n) is 2.89. The van der Waals surface area contributed by atoms with Gasteiger partial charge >= 0.3 is 5.97 Å². The van der Waals surface area contributed by atoms with Gasteiger partial charge in [-0.1, -0.05) is 6.07 Å². The minimum atomic E-state index is -1.03. The summed E-state index contributed by atoms with van der Waals surface area (Å²) in [6, 6.07) is 8.64. The van der Waals surface area contributed by atoms with E-state index in [1.165, 1.54) is 24.3 Å². The van der Waals surface area contributed by atoms with Crippen molar-refractivity contribution in [2.75, 3.05) is 0 Å². The number of nitrogens with zero attached hydrogens (tertiary/aromatic N) is 3. The molecular weight excluding hydrogens is 277 g/mol. The topological polar surface area (TPSA) is 76.7 Å². The van der Waals surface area contributed by atoms with E-state index in [-0.39, 0.29) is 18.0 Å². The van der Waals surface area contributed by atoms with Gasteiger partial charge in [0, 0.05) is 12.3 Å². The fraction of sp³-hybridized carbons (Fsp3) is 0.0714. The van der Waals surface area contributed by atoms with Gasteiger partial charge < -0.3 is 9.84 Å². The summed E-state index contributed by atoms with van der Waals surface area (Å²) in [4.78, 5) is 10.9. The van der Waals surface area contributed by atoms with E-state index in [9.17, 15) is 9.18 Å². The molecule has 2 heterocycles. The van der Waals surface area contributed by atoms with Crippen LogP contribution in [-0.4, -0.2) is 25.7 Å². The standard InChI is InChI=1S/C14H10FN3O3/c15-10-2-1-3-11(7-10)21-8-13-17-16-12-6-9(14(19)20)4-5-18(12)13/h1-7H,8H2,(H,19,20). The van der Waals surface area contributed by atoms with Crippen molar-refractivity contribution in [1.29, 1.82) is 0 Å². The Morgan fingerprint density at radius 1 is 1.29 bits per heavy atom. The number of carbonyl (C=O) groups is 1. The van der Waals surface area contributed by atoms with Gasteiger partial charge in [0.05, 0.1) is 5.56 Å². The van der Waals surface area contributed by atoms with Gasteiger partial charge in [0.2, 0.25) is 0 Å². The zero-order valence-electron chi connectivity index (χ0n) is 10.7. The molecule has 106 valence electrons. The van der Waals surface area contributed by atoms with Gasteiger partial charge in [-0.25, -0.2) is 9.18 Å². The molecule has 6 nitrogen and oxygen atoms in total. The number of pyridine rings is 1. The first-order chi connectivity index (χ1) is 10.1. The molecule has 3 aromatic rings. The highest BCUT2D eigenvalue weighted by atomic mass is 19.1. The Bertz CT molecular complexity index is 816. The van der Waals surface area contributed by atoms with Crippen LogP contribution in [0.5, 0.6) is 5.75 Å². The summed E-state index contributed by atoms with van der Waals surface area (Å²) in [5.41, 5.74) is 0.542. The van der Waals surface area contributed by atoms with E-state index in [0.29, 0.717) is 17.2 Å². The zero-order valence-corrected chi connectivity index (χ0v) is 10.7. The van der Waals surface area contributed by atoms with Crippen LogP contribution in [0.1, 0.15) is 16.2 Å². The SMILES string of the molecule is O=C(O)c1ccn2c(COc3cccc(F)c3)nnc2c1. The second-order valence-electron chi connectivity index (χ2n) is 4.31. The molecule has 0 saturated carbocycles. The van der Waals surface area contributed by atoms with E-state index < -0.39 is 5.97 Å². The molecule has 1 N–H and O–H groups in total. The fourth-order valence-corrected chi connectivity index (χ4v) is 1.88. The quantitative estimate of drug-likeness (QED) is 0.795. The second-order valence-corrected chi connectivity index (χ2v) is 4.31. The molecule has 0 bridgehead atoms.